The van der Waals surface area contributed by atoms with Crippen LogP contribution in [-0.4, -0.2) is 12.0 Å². The number of aromatic nitrogens is 1. The fraction of sp³-hybridized carbons (Fsp3) is 0.154. The molecule has 1 aromatic heterocycles. The maximum atomic E-state index is 13.0. The van der Waals surface area contributed by atoms with E-state index in [2.05, 4.69) is 10.3 Å². The molecule has 1 heterocycles. The minimum absolute atomic E-state index is 0.0267. The number of hydrogen-bond donors (Lipinski definition) is 1. The summed E-state index contributed by atoms with van der Waals surface area (Å²) in [6, 6.07) is 7.89. The van der Waals surface area contributed by atoms with E-state index in [9.17, 15) is 4.39 Å². The molecule has 0 atom stereocenters. The number of hydrogen-bond acceptors (Lipinski definition) is 3. The molecule has 0 saturated heterocycles. The Balaban J connectivity index is 2.17. The number of ether oxygens (including phenoxy) is 1. The molecular weight excluding hydrogens is 255 g/mol. The van der Waals surface area contributed by atoms with E-state index >= 15 is 0 Å². The maximum absolute atomic E-state index is 13.0. The van der Waals surface area contributed by atoms with Crippen LogP contribution in [0.5, 0.6) is 11.6 Å². The van der Waals surface area contributed by atoms with Crippen molar-refractivity contribution in [2.24, 2.45) is 0 Å². The highest BCUT2D eigenvalue weighted by atomic mass is 35.5. The Labute approximate surface area is 110 Å². The monoisotopic (exact) mass is 266 g/mol. The second kappa shape index (κ2) is 5.80. The first kappa shape index (κ1) is 12.8. The summed E-state index contributed by atoms with van der Waals surface area (Å²) < 4.78 is 18.5. The van der Waals surface area contributed by atoms with Crippen LogP contribution in [0.25, 0.3) is 0 Å². The lowest BCUT2D eigenvalue weighted by Crippen LogP contribution is -2.05. The number of pyridine rings is 1. The van der Waals surface area contributed by atoms with Crippen LogP contribution >= 0.6 is 11.6 Å². The van der Waals surface area contributed by atoms with E-state index in [1.807, 2.05) is 19.2 Å². The largest absolute Gasteiger partial charge is 0.439 e. The molecule has 2 aromatic rings. The average Bonchev–Trinajstić information content (AvgIpc) is 2.35. The Bertz CT molecular complexity index is 548. The molecule has 0 aliphatic rings. The molecule has 1 aromatic carbocycles. The molecule has 0 spiro atoms. The van der Waals surface area contributed by atoms with Gasteiger partial charge in [-0.2, -0.15) is 0 Å². The van der Waals surface area contributed by atoms with Crippen LogP contribution in [0.15, 0.2) is 36.5 Å². The lowest BCUT2D eigenvalue weighted by molar-refractivity contribution is 0.460. The Morgan fingerprint density at radius 3 is 2.89 bits per heavy atom. The summed E-state index contributed by atoms with van der Waals surface area (Å²) in [7, 11) is 1.86. The number of rotatable bonds is 4. The van der Waals surface area contributed by atoms with Gasteiger partial charge in [0.1, 0.15) is 11.6 Å². The van der Waals surface area contributed by atoms with Crippen LogP contribution in [0.3, 0.4) is 0 Å². The quantitative estimate of drug-likeness (QED) is 0.921. The molecule has 0 fully saturated rings. The minimum Gasteiger partial charge on any atom is -0.439 e. The Morgan fingerprint density at radius 2 is 2.17 bits per heavy atom. The van der Waals surface area contributed by atoms with Gasteiger partial charge in [-0.15, -0.1) is 0 Å². The summed E-state index contributed by atoms with van der Waals surface area (Å²) in [5.41, 5.74) is 1.05. The Kier molecular flexibility index (Phi) is 4.12. The molecule has 3 nitrogen and oxygen atoms in total. The molecule has 0 unspecified atom stereocenters. The van der Waals surface area contributed by atoms with Gasteiger partial charge in [-0.3, -0.25) is 0 Å². The summed E-state index contributed by atoms with van der Waals surface area (Å²) in [6.45, 7) is 0.725. The minimum atomic E-state index is -0.471. The van der Waals surface area contributed by atoms with Crippen molar-refractivity contribution in [2.75, 3.05) is 7.05 Å². The summed E-state index contributed by atoms with van der Waals surface area (Å²) in [4.78, 5) is 4.08. The van der Waals surface area contributed by atoms with E-state index < -0.39 is 5.82 Å². The third-order valence-electron chi connectivity index (χ3n) is 2.29. The van der Waals surface area contributed by atoms with E-state index in [0.717, 1.165) is 12.1 Å². The highest BCUT2D eigenvalue weighted by Crippen LogP contribution is 2.25. The smallest absolute Gasteiger partial charge is 0.219 e. The number of halogens is 2. The van der Waals surface area contributed by atoms with Crippen molar-refractivity contribution in [3.63, 3.8) is 0 Å². The Hall–Kier alpha value is -1.65. The van der Waals surface area contributed by atoms with E-state index in [1.54, 1.807) is 6.20 Å². The van der Waals surface area contributed by atoms with Crippen molar-refractivity contribution < 1.29 is 9.13 Å². The zero-order chi connectivity index (χ0) is 13.0. The van der Waals surface area contributed by atoms with Crippen molar-refractivity contribution in [2.45, 2.75) is 6.54 Å². The second-order valence-electron chi connectivity index (χ2n) is 3.71. The lowest BCUT2D eigenvalue weighted by atomic mass is 10.2. The predicted molar refractivity (Wildman–Crippen MR) is 68.5 cm³/mol. The van der Waals surface area contributed by atoms with Gasteiger partial charge in [-0.05, 0) is 30.8 Å². The van der Waals surface area contributed by atoms with E-state index in [-0.39, 0.29) is 5.02 Å². The highest BCUT2D eigenvalue weighted by Gasteiger charge is 2.04. The maximum Gasteiger partial charge on any atom is 0.219 e. The first-order chi connectivity index (χ1) is 8.69. The molecule has 0 aliphatic heterocycles. The first-order valence-electron chi connectivity index (χ1n) is 5.41. The van der Waals surface area contributed by atoms with Gasteiger partial charge in [-0.1, -0.05) is 11.6 Å². The molecule has 0 aliphatic carbocycles. The van der Waals surface area contributed by atoms with Crippen LogP contribution in [0.2, 0.25) is 5.02 Å². The third-order valence-corrected chi connectivity index (χ3v) is 2.58. The van der Waals surface area contributed by atoms with Crippen molar-refractivity contribution in [1.29, 1.82) is 0 Å². The van der Waals surface area contributed by atoms with Gasteiger partial charge in [0.05, 0.1) is 5.02 Å². The molecular formula is C13H12ClFN2O. The SMILES string of the molecule is CNCc1ccnc(Oc2ccc(F)c(Cl)c2)c1. The molecule has 0 bridgehead atoms. The van der Waals surface area contributed by atoms with Gasteiger partial charge >= 0.3 is 0 Å². The predicted octanol–water partition coefficient (Wildman–Crippen LogP) is 3.39. The van der Waals surface area contributed by atoms with Crippen LogP contribution in [-0.2, 0) is 6.54 Å². The number of benzene rings is 1. The lowest BCUT2D eigenvalue weighted by Gasteiger charge is -2.07. The van der Waals surface area contributed by atoms with Crippen molar-refractivity contribution in [3.8, 4) is 11.6 Å². The molecule has 2 rings (SSSR count). The summed E-state index contributed by atoms with van der Waals surface area (Å²) in [5.74, 6) is 0.432. The molecule has 18 heavy (non-hydrogen) atoms. The van der Waals surface area contributed by atoms with E-state index in [4.69, 9.17) is 16.3 Å². The van der Waals surface area contributed by atoms with Gasteiger partial charge in [-0.25, -0.2) is 9.37 Å². The average molecular weight is 267 g/mol. The number of nitrogens with zero attached hydrogens (tertiary/aromatic N) is 1. The zero-order valence-electron chi connectivity index (χ0n) is 9.78. The topological polar surface area (TPSA) is 34.2 Å². The first-order valence-corrected chi connectivity index (χ1v) is 5.79. The van der Waals surface area contributed by atoms with Gasteiger partial charge in [0.2, 0.25) is 5.88 Å². The van der Waals surface area contributed by atoms with E-state index in [1.165, 1.54) is 18.2 Å². The molecule has 5 heteroatoms. The fourth-order valence-corrected chi connectivity index (χ4v) is 1.65. The summed E-state index contributed by atoms with van der Waals surface area (Å²) in [5, 5.41) is 3.06. The van der Waals surface area contributed by atoms with Crippen LogP contribution in [0.1, 0.15) is 5.56 Å². The second-order valence-corrected chi connectivity index (χ2v) is 4.12. The Morgan fingerprint density at radius 1 is 1.33 bits per heavy atom. The normalized spacial score (nSPS) is 10.4. The van der Waals surface area contributed by atoms with Gasteiger partial charge in [0.25, 0.3) is 0 Å². The van der Waals surface area contributed by atoms with E-state index in [0.29, 0.717) is 11.6 Å². The van der Waals surface area contributed by atoms with Crippen molar-refractivity contribution in [3.05, 3.63) is 52.9 Å². The highest BCUT2D eigenvalue weighted by molar-refractivity contribution is 6.30. The van der Waals surface area contributed by atoms with Gasteiger partial charge in [0.15, 0.2) is 0 Å². The van der Waals surface area contributed by atoms with Crippen molar-refractivity contribution in [1.82, 2.24) is 10.3 Å². The third kappa shape index (κ3) is 3.18. The molecule has 0 amide bonds. The molecule has 0 radical (unpaired) electrons. The molecule has 94 valence electrons. The standard InChI is InChI=1S/C13H12ClFN2O/c1-16-8-9-4-5-17-13(6-9)18-10-2-3-12(15)11(14)7-10/h2-7,16H,8H2,1H3. The van der Waals surface area contributed by atoms with Gasteiger partial charge in [0, 0.05) is 24.9 Å². The molecule has 0 saturated carbocycles. The fourth-order valence-electron chi connectivity index (χ4n) is 1.48. The van der Waals surface area contributed by atoms with Crippen LogP contribution in [0.4, 0.5) is 4.39 Å². The molecule has 1 N–H and O–H groups in total. The van der Waals surface area contributed by atoms with Crippen LogP contribution in [0, 0.1) is 5.82 Å². The summed E-state index contributed by atoms with van der Waals surface area (Å²) >= 11 is 5.68. The van der Waals surface area contributed by atoms with Gasteiger partial charge < -0.3 is 10.1 Å². The van der Waals surface area contributed by atoms with Crippen LogP contribution < -0.4 is 10.1 Å². The zero-order valence-corrected chi connectivity index (χ0v) is 10.5. The van der Waals surface area contributed by atoms with Crippen molar-refractivity contribution >= 4 is 11.6 Å². The number of nitrogens with one attached hydrogen (secondary N) is 1. The summed E-state index contributed by atoms with van der Waals surface area (Å²) in [6.07, 6.45) is 1.66.